The number of aryl methyl sites for hydroxylation is 1. The summed E-state index contributed by atoms with van der Waals surface area (Å²) in [6, 6.07) is 3.92. The van der Waals surface area contributed by atoms with Crippen molar-refractivity contribution >= 4 is 11.8 Å². The van der Waals surface area contributed by atoms with E-state index in [1.54, 1.807) is 19.4 Å². The Kier molecular flexibility index (Phi) is 4.59. The maximum Gasteiger partial charge on any atom is 0.267 e. The number of nitrogens with zero attached hydrogens (tertiary/aromatic N) is 2. The van der Waals surface area contributed by atoms with Crippen LogP contribution < -0.4 is 10.1 Å². The van der Waals surface area contributed by atoms with E-state index in [1.807, 2.05) is 17.9 Å². The van der Waals surface area contributed by atoms with Crippen molar-refractivity contribution < 1.29 is 14.3 Å². The van der Waals surface area contributed by atoms with Crippen LogP contribution in [0.2, 0.25) is 0 Å². The number of H-pyrrole nitrogens is 1. The summed E-state index contributed by atoms with van der Waals surface area (Å²) in [5.41, 5.74) is 3.59. The molecule has 1 fully saturated rings. The fraction of sp³-hybridized carbons (Fsp3) is 0.450. The molecule has 2 N–H and O–H groups in total. The monoisotopic (exact) mass is 368 g/mol. The maximum absolute atomic E-state index is 12.9. The van der Waals surface area contributed by atoms with Gasteiger partial charge in [-0.15, -0.1) is 0 Å². The maximum atomic E-state index is 12.9. The molecule has 27 heavy (non-hydrogen) atoms. The van der Waals surface area contributed by atoms with Crippen LogP contribution in [0.3, 0.4) is 0 Å². The lowest BCUT2D eigenvalue weighted by Gasteiger charge is -2.22. The molecule has 2 amide bonds. The lowest BCUT2D eigenvalue weighted by molar-refractivity contribution is 0.0706. The highest BCUT2D eigenvalue weighted by atomic mass is 16.5. The Hall–Kier alpha value is -2.83. The Morgan fingerprint density at radius 1 is 1.37 bits per heavy atom. The molecule has 0 saturated heterocycles. The molecule has 3 heterocycles. The number of hydrogen-bond donors (Lipinski definition) is 2. The molecule has 7 heteroatoms. The number of hydrogen-bond acceptors (Lipinski definition) is 4. The summed E-state index contributed by atoms with van der Waals surface area (Å²) in [5, 5.41) is 2.86. The topological polar surface area (TPSA) is 87.3 Å². The minimum absolute atomic E-state index is 0.0413. The fourth-order valence-electron chi connectivity index (χ4n) is 3.99. The van der Waals surface area contributed by atoms with Crippen LogP contribution in [0.5, 0.6) is 5.88 Å². The van der Waals surface area contributed by atoms with Gasteiger partial charge in [-0.2, -0.15) is 0 Å². The first-order chi connectivity index (χ1) is 13.1. The molecule has 2 aliphatic rings. The number of pyridine rings is 1. The van der Waals surface area contributed by atoms with E-state index in [0.717, 1.165) is 24.1 Å². The largest absolute Gasteiger partial charge is 0.481 e. The van der Waals surface area contributed by atoms with Gasteiger partial charge in [0.15, 0.2) is 0 Å². The predicted molar refractivity (Wildman–Crippen MR) is 99.6 cm³/mol. The summed E-state index contributed by atoms with van der Waals surface area (Å²) < 4.78 is 5.41. The SMILES string of the molecule is COc1nc2c(cc1CNC(=O)c1cc(C)c[nH]1)C(=O)N(C1CCCC1)C2. The number of rotatable bonds is 5. The van der Waals surface area contributed by atoms with Crippen LogP contribution >= 0.6 is 0 Å². The van der Waals surface area contributed by atoms with Crippen molar-refractivity contribution in [3.05, 3.63) is 46.4 Å². The van der Waals surface area contributed by atoms with Gasteiger partial charge >= 0.3 is 0 Å². The summed E-state index contributed by atoms with van der Waals surface area (Å²) in [4.78, 5) is 34.6. The number of carbonyl (C=O) groups excluding carboxylic acids is 2. The second-order valence-electron chi connectivity index (χ2n) is 7.30. The second-order valence-corrected chi connectivity index (χ2v) is 7.30. The Morgan fingerprint density at radius 2 is 2.15 bits per heavy atom. The van der Waals surface area contributed by atoms with Crippen molar-refractivity contribution in [2.75, 3.05) is 7.11 Å². The molecular formula is C20H24N4O3. The Bertz CT molecular complexity index is 883. The van der Waals surface area contributed by atoms with Gasteiger partial charge in [0.05, 0.1) is 24.9 Å². The number of fused-ring (bicyclic) bond motifs is 1. The standard InChI is InChI=1S/C20H24N4O3/c1-12-7-16(21-9-12)18(25)22-10-13-8-15-17(23-19(13)27-2)11-24(20(15)26)14-5-3-4-6-14/h7-9,14,21H,3-6,10-11H2,1-2H3,(H,22,25). The first-order valence-electron chi connectivity index (χ1n) is 9.38. The molecule has 142 valence electrons. The Morgan fingerprint density at radius 3 is 2.81 bits per heavy atom. The van der Waals surface area contributed by atoms with Gasteiger partial charge in [0.1, 0.15) is 5.69 Å². The van der Waals surface area contributed by atoms with Crippen molar-refractivity contribution in [3.8, 4) is 5.88 Å². The average molecular weight is 368 g/mol. The summed E-state index contributed by atoms with van der Waals surface area (Å²) in [5.74, 6) is 0.293. The number of methoxy groups -OCH3 is 1. The number of aromatic nitrogens is 2. The Balaban J connectivity index is 1.52. The molecule has 0 aromatic carbocycles. The molecule has 0 radical (unpaired) electrons. The zero-order valence-electron chi connectivity index (χ0n) is 15.7. The number of nitrogens with one attached hydrogen (secondary N) is 2. The van der Waals surface area contributed by atoms with E-state index in [2.05, 4.69) is 15.3 Å². The van der Waals surface area contributed by atoms with Crippen LogP contribution in [0.25, 0.3) is 0 Å². The highest BCUT2D eigenvalue weighted by Crippen LogP contribution is 2.33. The van der Waals surface area contributed by atoms with Crippen molar-refractivity contribution in [3.63, 3.8) is 0 Å². The summed E-state index contributed by atoms with van der Waals surface area (Å²) in [6.07, 6.45) is 6.27. The lowest BCUT2D eigenvalue weighted by Crippen LogP contribution is -2.33. The van der Waals surface area contributed by atoms with E-state index < -0.39 is 0 Å². The average Bonchev–Trinajstić information content (AvgIpc) is 3.40. The molecule has 1 aliphatic heterocycles. The summed E-state index contributed by atoms with van der Waals surface area (Å²) in [6.45, 7) is 2.71. The van der Waals surface area contributed by atoms with Gasteiger partial charge in [-0.25, -0.2) is 4.98 Å². The number of carbonyl (C=O) groups is 2. The van der Waals surface area contributed by atoms with Crippen molar-refractivity contribution in [1.82, 2.24) is 20.2 Å². The zero-order valence-corrected chi connectivity index (χ0v) is 15.7. The number of aromatic amines is 1. The molecular weight excluding hydrogens is 344 g/mol. The zero-order chi connectivity index (χ0) is 19.0. The third-order valence-electron chi connectivity index (χ3n) is 5.42. The molecule has 0 bridgehead atoms. The molecule has 2 aromatic heterocycles. The van der Waals surface area contributed by atoms with E-state index in [9.17, 15) is 9.59 Å². The fourth-order valence-corrected chi connectivity index (χ4v) is 3.99. The van der Waals surface area contributed by atoms with Crippen molar-refractivity contribution in [2.45, 2.75) is 51.7 Å². The first-order valence-corrected chi connectivity index (χ1v) is 9.38. The van der Waals surface area contributed by atoms with E-state index >= 15 is 0 Å². The van der Waals surface area contributed by atoms with Gasteiger partial charge < -0.3 is 19.9 Å². The van der Waals surface area contributed by atoms with Gasteiger partial charge in [-0.3, -0.25) is 9.59 Å². The minimum atomic E-state index is -0.204. The van der Waals surface area contributed by atoms with Crippen LogP contribution in [0, 0.1) is 6.92 Å². The molecule has 0 spiro atoms. The highest BCUT2D eigenvalue weighted by Gasteiger charge is 2.35. The smallest absolute Gasteiger partial charge is 0.267 e. The molecule has 0 unspecified atom stereocenters. The minimum Gasteiger partial charge on any atom is -0.481 e. The molecule has 0 atom stereocenters. The quantitative estimate of drug-likeness (QED) is 0.849. The first kappa shape index (κ1) is 17.6. The normalized spacial score (nSPS) is 16.7. The van der Waals surface area contributed by atoms with Crippen LogP contribution in [0.4, 0.5) is 0 Å². The molecule has 1 aliphatic carbocycles. The van der Waals surface area contributed by atoms with Gasteiger partial charge in [-0.1, -0.05) is 12.8 Å². The van der Waals surface area contributed by atoms with Crippen LogP contribution in [-0.2, 0) is 13.1 Å². The van der Waals surface area contributed by atoms with Crippen LogP contribution in [-0.4, -0.2) is 39.8 Å². The van der Waals surface area contributed by atoms with Gasteiger partial charge in [0, 0.05) is 24.3 Å². The Labute approximate surface area is 158 Å². The van der Waals surface area contributed by atoms with E-state index in [4.69, 9.17) is 4.74 Å². The number of ether oxygens (including phenoxy) is 1. The van der Waals surface area contributed by atoms with Crippen LogP contribution in [0.1, 0.15) is 63.4 Å². The molecule has 4 rings (SSSR count). The number of amides is 2. The van der Waals surface area contributed by atoms with Gasteiger partial charge in [0.2, 0.25) is 5.88 Å². The highest BCUT2D eigenvalue weighted by molar-refractivity contribution is 5.98. The van der Waals surface area contributed by atoms with Gasteiger partial charge in [0.25, 0.3) is 11.8 Å². The molecule has 1 saturated carbocycles. The van der Waals surface area contributed by atoms with E-state index in [-0.39, 0.29) is 18.4 Å². The lowest BCUT2D eigenvalue weighted by atomic mass is 10.1. The third-order valence-corrected chi connectivity index (χ3v) is 5.42. The third kappa shape index (κ3) is 3.29. The van der Waals surface area contributed by atoms with Crippen molar-refractivity contribution in [2.24, 2.45) is 0 Å². The van der Waals surface area contributed by atoms with Gasteiger partial charge in [-0.05, 0) is 37.5 Å². The molecule has 7 nitrogen and oxygen atoms in total. The van der Waals surface area contributed by atoms with E-state index in [1.165, 1.54) is 12.8 Å². The second kappa shape index (κ2) is 7.06. The van der Waals surface area contributed by atoms with Crippen LogP contribution in [0.15, 0.2) is 18.3 Å². The van der Waals surface area contributed by atoms with E-state index in [0.29, 0.717) is 35.3 Å². The predicted octanol–water partition coefficient (Wildman–Crippen LogP) is 2.56. The summed E-state index contributed by atoms with van der Waals surface area (Å²) >= 11 is 0. The molecule has 2 aromatic rings. The summed E-state index contributed by atoms with van der Waals surface area (Å²) in [7, 11) is 1.56. The van der Waals surface area contributed by atoms with Crippen molar-refractivity contribution in [1.29, 1.82) is 0 Å².